The summed E-state index contributed by atoms with van der Waals surface area (Å²) in [6.45, 7) is 0. The average molecular weight is 318 g/mol. The van der Waals surface area contributed by atoms with E-state index in [2.05, 4.69) is 4.74 Å². The summed E-state index contributed by atoms with van der Waals surface area (Å²) in [5, 5.41) is 2.22. The predicted molar refractivity (Wildman–Crippen MR) is 84.7 cm³/mol. The lowest BCUT2D eigenvalue weighted by atomic mass is 9.93. The van der Waals surface area contributed by atoms with Crippen molar-refractivity contribution in [1.82, 2.24) is 0 Å². The van der Waals surface area contributed by atoms with E-state index in [1.54, 1.807) is 30.3 Å². The molecule has 0 amide bonds. The van der Waals surface area contributed by atoms with Gasteiger partial charge in [0.05, 0.1) is 21.9 Å². The number of fused-ring (bicyclic) bond motifs is 4. The Morgan fingerprint density at radius 2 is 1.42 bits per heavy atom. The van der Waals surface area contributed by atoms with Gasteiger partial charge in [-0.15, -0.1) is 0 Å². The summed E-state index contributed by atoms with van der Waals surface area (Å²) in [6.07, 6.45) is 0. The molecule has 6 heteroatoms. The van der Waals surface area contributed by atoms with Crippen LogP contribution in [0.3, 0.4) is 0 Å². The molecule has 24 heavy (non-hydrogen) atoms. The van der Waals surface area contributed by atoms with Gasteiger partial charge in [0.1, 0.15) is 0 Å². The molecule has 1 aliphatic rings. The van der Waals surface area contributed by atoms with E-state index in [4.69, 9.17) is 4.42 Å². The minimum absolute atomic E-state index is 0.0225. The van der Waals surface area contributed by atoms with Crippen molar-refractivity contribution >= 4 is 44.3 Å². The molecule has 0 saturated carbocycles. The predicted octanol–water partition coefficient (Wildman–Crippen LogP) is 2.21. The van der Waals surface area contributed by atoms with Crippen LogP contribution >= 0.6 is 0 Å². The lowest BCUT2D eigenvalue weighted by Gasteiger charge is -2.05. The van der Waals surface area contributed by atoms with E-state index in [1.165, 1.54) is 6.07 Å². The van der Waals surface area contributed by atoms with E-state index in [0.717, 1.165) is 5.39 Å². The Labute approximate surface area is 132 Å². The fraction of sp³-hybridized carbons (Fsp3) is 0. The van der Waals surface area contributed by atoms with E-state index in [1.807, 2.05) is 0 Å². The Balaban J connectivity index is 2.27. The van der Waals surface area contributed by atoms with Crippen LogP contribution in [0.4, 0.5) is 0 Å². The number of hydrogen-bond acceptors (Lipinski definition) is 6. The molecule has 1 aromatic heterocycles. The van der Waals surface area contributed by atoms with E-state index in [9.17, 15) is 19.2 Å². The third-order valence-electron chi connectivity index (χ3n) is 4.37. The number of carbonyl (C=O) groups excluding carboxylic acids is 2. The molecular formula is C18H6O6. The van der Waals surface area contributed by atoms with Gasteiger partial charge in [0.2, 0.25) is 0 Å². The maximum Gasteiger partial charge on any atom is 0.347 e. The summed E-state index contributed by atoms with van der Waals surface area (Å²) in [5.74, 6) is -1.74. The molecule has 0 N–H and O–H groups in total. The highest BCUT2D eigenvalue weighted by atomic mass is 16.6. The Hall–Kier alpha value is -3.54. The van der Waals surface area contributed by atoms with Gasteiger partial charge in [0, 0.05) is 0 Å². The van der Waals surface area contributed by atoms with Crippen molar-refractivity contribution in [3.63, 3.8) is 0 Å². The van der Waals surface area contributed by atoms with E-state index in [-0.39, 0.29) is 21.9 Å². The molecule has 6 nitrogen and oxygen atoms in total. The second kappa shape index (κ2) is 4.05. The summed E-state index contributed by atoms with van der Waals surface area (Å²) in [4.78, 5) is 48.7. The SMILES string of the molecule is O=C1OC(=O)c2c1cc1c3cc4ccccc4c1c(=O)oc(=O)c23. The van der Waals surface area contributed by atoms with E-state index in [0.29, 0.717) is 16.2 Å². The molecule has 4 aromatic rings. The zero-order chi connectivity index (χ0) is 16.6. The van der Waals surface area contributed by atoms with Crippen LogP contribution in [0, 0.1) is 0 Å². The topological polar surface area (TPSA) is 90.7 Å². The molecule has 3 aromatic carbocycles. The largest absolute Gasteiger partial charge is 0.386 e. The maximum atomic E-state index is 12.4. The van der Waals surface area contributed by atoms with Gasteiger partial charge in [-0.3, -0.25) is 0 Å². The van der Waals surface area contributed by atoms with Crippen LogP contribution in [0.25, 0.3) is 32.3 Å². The fourth-order valence-electron chi connectivity index (χ4n) is 3.39. The van der Waals surface area contributed by atoms with Crippen molar-refractivity contribution in [2.24, 2.45) is 0 Å². The zero-order valence-corrected chi connectivity index (χ0v) is 11.9. The van der Waals surface area contributed by atoms with Crippen molar-refractivity contribution in [2.75, 3.05) is 0 Å². The molecule has 5 rings (SSSR count). The standard InChI is InChI=1S/C18H6O6/c19-15-11-6-10-9-5-7-3-1-2-4-8(7)12(10)16(20)24-17(21)13(9)14(11)18(22)23-15/h1-6H. The van der Waals surface area contributed by atoms with Crippen molar-refractivity contribution in [3.8, 4) is 0 Å². The molecule has 0 unspecified atom stereocenters. The van der Waals surface area contributed by atoms with Crippen molar-refractivity contribution in [2.45, 2.75) is 0 Å². The molecule has 1 aliphatic heterocycles. The number of carbonyl (C=O) groups is 2. The highest BCUT2D eigenvalue weighted by Gasteiger charge is 2.34. The van der Waals surface area contributed by atoms with Crippen LogP contribution in [0.1, 0.15) is 20.7 Å². The number of esters is 2. The number of hydrogen-bond donors (Lipinski definition) is 0. The van der Waals surface area contributed by atoms with Crippen molar-refractivity contribution < 1.29 is 18.7 Å². The highest BCUT2D eigenvalue weighted by Crippen LogP contribution is 2.35. The second-order valence-corrected chi connectivity index (χ2v) is 5.60. The summed E-state index contributed by atoms with van der Waals surface area (Å²) in [5.41, 5.74) is -1.93. The lowest BCUT2D eigenvalue weighted by molar-refractivity contribution is 0.0444. The first-order valence-corrected chi connectivity index (χ1v) is 7.12. The first kappa shape index (κ1) is 13.0. The normalized spacial score (nSPS) is 13.8. The van der Waals surface area contributed by atoms with Gasteiger partial charge in [-0.1, -0.05) is 24.3 Å². The van der Waals surface area contributed by atoms with Crippen LogP contribution in [-0.4, -0.2) is 11.9 Å². The van der Waals surface area contributed by atoms with Gasteiger partial charge >= 0.3 is 23.2 Å². The van der Waals surface area contributed by atoms with E-state index < -0.39 is 23.2 Å². The average Bonchev–Trinajstić information content (AvgIpc) is 2.83. The van der Waals surface area contributed by atoms with Crippen LogP contribution in [0.15, 0.2) is 50.4 Å². The van der Waals surface area contributed by atoms with Gasteiger partial charge in [0.15, 0.2) is 0 Å². The van der Waals surface area contributed by atoms with Crippen LogP contribution in [0.5, 0.6) is 0 Å². The number of benzene rings is 3. The van der Waals surface area contributed by atoms with Crippen molar-refractivity contribution in [1.29, 1.82) is 0 Å². The first-order valence-electron chi connectivity index (χ1n) is 7.12. The molecule has 0 spiro atoms. The molecule has 114 valence electrons. The molecular weight excluding hydrogens is 312 g/mol. The second-order valence-electron chi connectivity index (χ2n) is 5.60. The number of ether oxygens (including phenoxy) is 1. The lowest BCUT2D eigenvalue weighted by Crippen LogP contribution is -2.07. The summed E-state index contributed by atoms with van der Waals surface area (Å²) in [7, 11) is 0. The summed E-state index contributed by atoms with van der Waals surface area (Å²) in [6, 6.07) is 10.2. The molecule has 2 heterocycles. The monoisotopic (exact) mass is 318 g/mol. The van der Waals surface area contributed by atoms with Crippen LogP contribution < -0.4 is 11.3 Å². The fourth-order valence-corrected chi connectivity index (χ4v) is 3.39. The molecule has 0 saturated heterocycles. The summed E-state index contributed by atoms with van der Waals surface area (Å²) < 4.78 is 9.51. The Morgan fingerprint density at radius 1 is 0.708 bits per heavy atom. The van der Waals surface area contributed by atoms with Gasteiger partial charge in [-0.05, 0) is 33.7 Å². The molecule has 4 bridgehead atoms. The van der Waals surface area contributed by atoms with Gasteiger partial charge in [-0.25, -0.2) is 19.2 Å². The van der Waals surface area contributed by atoms with Crippen LogP contribution in [0.2, 0.25) is 0 Å². The van der Waals surface area contributed by atoms with Gasteiger partial charge < -0.3 is 9.15 Å². The van der Waals surface area contributed by atoms with E-state index >= 15 is 0 Å². The zero-order valence-electron chi connectivity index (χ0n) is 11.9. The molecule has 0 atom stereocenters. The quantitative estimate of drug-likeness (QED) is 0.280. The van der Waals surface area contributed by atoms with Gasteiger partial charge in [-0.2, -0.15) is 0 Å². The number of rotatable bonds is 0. The number of cyclic esters (lactones) is 2. The minimum atomic E-state index is -0.959. The molecule has 0 radical (unpaired) electrons. The summed E-state index contributed by atoms with van der Waals surface area (Å²) >= 11 is 0. The molecule has 0 fully saturated rings. The van der Waals surface area contributed by atoms with Gasteiger partial charge in [0.25, 0.3) is 0 Å². The Bertz CT molecular complexity index is 1350. The Kier molecular flexibility index (Phi) is 2.19. The third-order valence-corrected chi connectivity index (χ3v) is 4.37. The first-order chi connectivity index (χ1) is 11.6. The van der Waals surface area contributed by atoms with Crippen LogP contribution in [-0.2, 0) is 4.74 Å². The maximum absolute atomic E-state index is 12.4. The Morgan fingerprint density at radius 3 is 2.25 bits per heavy atom. The minimum Gasteiger partial charge on any atom is -0.386 e. The smallest absolute Gasteiger partial charge is 0.347 e. The highest BCUT2D eigenvalue weighted by molar-refractivity contribution is 6.28. The molecule has 0 aliphatic carbocycles. The third kappa shape index (κ3) is 1.40. The van der Waals surface area contributed by atoms with Crippen molar-refractivity contribution in [3.05, 3.63) is 68.4 Å².